The molecule has 152 valence electrons. The first kappa shape index (κ1) is 21.3. The smallest absolute Gasteiger partial charge is 0.356 e. The highest BCUT2D eigenvalue weighted by molar-refractivity contribution is 7.90. The first-order valence-electron chi connectivity index (χ1n) is 9.06. The Morgan fingerprint density at radius 2 is 1.69 bits per heavy atom. The zero-order valence-corrected chi connectivity index (χ0v) is 16.4. The zero-order valence-electron chi connectivity index (χ0n) is 15.6. The molecule has 0 aromatic heterocycles. The van der Waals surface area contributed by atoms with Crippen molar-refractivity contribution in [3.8, 4) is 0 Å². The molecule has 2 heterocycles. The highest BCUT2D eigenvalue weighted by Gasteiger charge is 2.50. The van der Waals surface area contributed by atoms with Crippen LogP contribution in [0.4, 0.5) is 13.2 Å². The Hall–Kier alpha value is -1.03. The van der Waals surface area contributed by atoms with Crippen molar-refractivity contribution in [1.82, 2.24) is 14.5 Å². The third kappa shape index (κ3) is 5.03. The van der Waals surface area contributed by atoms with E-state index in [0.29, 0.717) is 35.5 Å². The van der Waals surface area contributed by atoms with E-state index in [4.69, 9.17) is 0 Å². The minimum Gasteiger partial charge on any atom is -0.356 e. The van der Waals surface area contributed by atoms with Gasteiger partial charge in [0.1, 0.15) is 0 Å². The molecule has 0 aromatic carbocycles. The lowest BCUT2D eigenvalue weighted by Gasteiger charge is -2.38. The third-order valence-electron chi connectivity index (χ3n) is 5.13. The molecule has 2 aliphatic rings. The van der Waals surface area contributed by atoms with Gasteiger partial charge in [-0.05, 0) is 37.0 Å². The molecule has 6 nitrogen and oxygen atoms in total. The maximum atomic E-state index is 12.6. The van der Waals surface area contributed by atoms with E-state index in [1.165, 1.54) is 6.42 Å². The minimum absolute atomic E-state index is 0.0927. The molecule has 0 bridgehead atoms. The molecule has 0 spiro atoms. The highest BCUT2D eigenvalue weighted by atomic mass is 32.2. The molecule has 10 heteroatoms. The van der Waals surface area contributed by atoms with Gasteiger partial charge in [-0.1, -0.05) is 13.8 Å². The number of halogens is 3. The molecule has 1 N–H and O–H groups in total. The molecular weight excluding hydrogens is 369 g/mol. The summed E-state index contributed by atoms with van der Waals surface area (Å²) < 4.78 is 61.3. The minimum atomic E-state index is -5.22. The number of guanidine groups is 1. The molecule has 0 aromatic rings. The predicted molar refractivity (Wildman–Crippen MR) is 95.2 cm³/mol. The van der Waals surface area contributed by atoms with E-state index in [1.807, 2.05) is 0 Å². The van der Waals surface area contributed by atoms with Gasteiger partial charge in [0, 0.05) is 39.8 Å². The van der Waals surface area contributed by atoms with Gasteiger partial charge in [0.25, 0.3) is 0 Å². The topological polar surface area (TPSA) is 65.0 Å². The SMILES string of the molecule is CN=C(NCC1CCN(S(=O)(=O)C(F)(F)F)CC1)N1CC(C)CC(C)C1. The van der Waals surface area contributed by atoms with Crippen molar-refractivity contribution >= 4 is 16.0 Å². The fourth-order valence-corrected chi connectivity index (χ4v) is 4.89. The Labute approximate surface area is 153 Å². The molecule has 0 saturated carbocycles. The van der Waals surface area contributed by atoms with E-state index in [2.05, 4.69) is 29.1 Å². The third-order valence-corrected chi connectivity index (χ3v) is 6.76. The van der Waals surface area contributed by atoms with Crippen LogP contribution in [0.15, 0.2) is 4.99 Å². The molecule has 2 rings (SSSR count). The summed E-state index contributed by atoms with van der Waals surface area (Å²) in [4.78, 5) is 6.55. The average Bonchev–Trinajstić information content (AvgIpc) is 2.54. The Balaban J connectivity index is 1.84. The van der Waals surface area contributed by atoms with Crippen LogP contribution in [-0.4, -0.2) is 68.9 Å². The maximum Gasteiger partial charge on any atom is 0.511 e. The standard InChI is InChI=1S/C16H29F3N4O2S/c1-12-8-13(2)11-22(10-12)15(20-3)21-9-14-4-6-23(7-5-14)26(24,25)16(17,18)19/h12-14H,4-11H2,1-3H3,(H,20,21). The van der Waals surface area contributed by atoms with Crippen LogP contribution in [-0.2, 0) is 10.0 Å². The average molecular weight is 398 g/mol. The Morgan fingerprint density at radius 1 is 1.15 bits per heavy atom. The summed E-state index contributed by atoms with van der Waals surface area (Å²) in [6, 6.07) is 0. The van der Waals surface area contributed by atoms with Gasteiger partial charge in [-0.25, -0.2) is 8.42 Å². The Kier molecular flexibility index (Phi) is 6.81. The number of alkyl halides is 3. The normalized spacial score (nSPS) is 27.6. The van der Waals surface area contributed by atoms with E-state index in [9.17, 15) is 21.6 Å². The van der Waals surface area contributed by atoms with Crippen molar-refractivity contribution in [3.63, 3.8) is 0 Å². The van der Waals surface area contributed by atoms with Gasteiger partial charge in [-0.15, -0.1) is 0 Å². The lowest BCUT2D eigenvalue weighted by atomic mass is 9.92. The first-order chi connectivity index (χ1) is 12.0. The van der Waals surface area contributed by atoms with E-state index in [-0.39, 0.29) is 19.0 Å². The Bertz CT molecular complexity index is 591. The van der Waals surface area contributed by atoms with Crippen LogP contribution in [0.5, 0.6) is 0 Å². The molecule has 2 aliphatic heterocycles. The van der Waals surface area contributed by atoms with Crippen LogP contribution in [0, 0.1) is 17.8 Å². The molecule has 0 radical (unpaired) electrons. The van der Waals surface area contributed by atoms with Gasteiger partial charge in [0.15, 0.2) is 5.96 Å². The number of hydrogen-bond donors (Lipinski definition) is 1. The van der Waals surface area contributed by atoms with Crippen molar-refractivity contribution in [2.45, 2.75) is 38.6 Å². The van der Waals surface area contributed by atoms with Crippen molar-refractivity contribution in [2.75, 3.05) is 39.8 Å². The summed E-state index contributed by atoms with van der Waals surface area (Å²) in [6.45, 7) is 6.71. The number of sulfonamides is 1. The van der Waals surface area contributed by atoms with Gasteiger partial charge >= 0.3 is 15.5 Å². The van der Waals surface area contributed by atoms with Crippen LogP contribution >= 0.6 is 0 Å². The van der Waals surface area contributed by atoms with Crippen molar-refractivity contribution < 1.29 is 21.6 Å². The number of nitrogens with one attached hydrogen (secondary N) is 1. The van der Waals surface area contributed by atoms with Crippen LogP contribution in [0.2, 0.25) is 0 Å². The van der Waals surface area contributed by atoms with Gasteiger partial charge in [-0.2, -0.15) is 17.5 Å². The summed E-state index contributed by atoms with van der Waals surface area (Å²) in [7, 11) is -3.48. The first-order valence-corrected chi connectivity index (χ1v) is 10.5. The van der Waals surface area contributed by atoms with Gasteiger partial charge in [-0.3, -0.25) is 4.99 Å². The molecule has 0 aliphatic carbocycles. The zero-order chi connectivity index (χ0) is 19.5. The lowest BCUT2D eigenvalue weighted by molar-refractivity contribution is -0.0496. The van der Waals surface area contributed by atoms with E-state index in [0.717, 1.165) is 19.0 Å². The van der Waals surface area contributed by atoms with Crippen molar-refractivity contribution in [1.29, 1.82) is 0 Å². The summed E-state index contributed by atoms with van der Waals surface area (Å²) >= 11 is 0. The van der Waals surface area contributed by atoms with Gasteiger partial charge < -0.3 is 10.2 Å². The predicted octanol–water partition coefficient (Wildman–Crippen LogP) is 2.10. The summed E-state index contributed by atoms with van der Waals surface area (Å²) in [5.41, 5.74) is -5.22. The Morgan fingerprint density at radius 3 is 2.15 bits per heavy atom. The van der Waals surface area contributed by atoms with Crippen molar-refractivity contribution in [2.24, 2.45) is 22.7 Å². The largest absolute Gasteiger partial charge is 0.511 e. The molecule has 0 amide bonds. The molecule has 2 saturated heterocycles. The molecular formula is C16H29F3N4O2S. The lowest BCUT2D eigenvalue weighted by Crippen LogP contribution is -2.50. The van der Waals surface area contributed by atoms with Crippen LogP contribution in [0.1, 0.15) is 33.1 Å². The fourth-order valence-electron chi connectivity index (χ4n) is 3.90. The number of rotatable bonds is 3. The van der Waals surface area contributed by atoms with E-state index < -0.39 is 15.5 Å². The summed E-state index contributed by atoms with van der Waals surface area (Å²) in [6.07, 6.45) is 2.01. The number of nitrogens with zero attached hydrogens (tertiary/aromatic N) is 3. The van der Waals surface area contributed by atoms with E-state index in [1.54, 1.807) is 7.05 Å². The maximum absolute atomic E-state index is 12.6. The van der Waals surface area contributed by atoms with E-state index >= 15 is 0 Å². The second-order valence-corrected chi connectivity index (χ2v) is 9.50. The molecule has 2 fully saturated rings. The van der Waals surface area contributed by atoms with Crippen LogP contribution in [0.25, 0.3) is 0 Å². The number of piperidine rings is 2. The van der Waals surface area contributed by atoms with Crippen molar-refractivity contribution in [3.05, 3.63) is 0 Å². The number of aliphatic imine (C=N–C) groups is 1. The molecule has 26 heavy (non-hydrogen) atoms. The van der Waals surface area contributed by atoms with Crippen LogP contribution < -0.4 is 5.32 Å². The highest BCUT2D eigenvalue weighted by Crippen LogP contribution is 2.30. The summed E-state index contributed by atoms with van der Waals surface area (Å²) in [5.74, 6) is 2.13. The number of likely N-dealkylation sites (tertiary alicyclic amines) is 1. The van der Waals surface area contributed by atoms with Gasteiger partial charge in [0.05, 0.1) is 0 Å². The van der Waals surface area contributed by atoms with Gasteiger partial charge in [0.2, 0.25) is 0 Å². The molecule has 2 atom stereocenters. The molecule has 2 unspecified atom stereocenters. The quantitative estimate of drug-likeness (QED) is 0.584. The fraction of sp³-hybridized carbons (Fsp3) is 0.938. The monoisotopic (exact) mass is 398 g/mol. The van der Waals surface area contributed by atoms with Crippen LogP contribution in [0.3, 0.4) is 0 Å². The summed E-state index contributed by atoms with van der Waals surface area (Å²) in [5, 5.41) is 3.32. The number of hydrogen-bond acceptors (Lipinski definition) is 3. The second kappa shape index (κ2) is 8.33. The second-order valence-electron chi connectivity index (χ2n) is 7.57.